The Morgan fingerprint density at radius 3 is 1.73 bits per heavy atom. The summed E-state index contributed by atoms with van der Waals surface area (Å²) < 4.78 is 21.9. The van der Waals surface area contributed by atoms with Crippen molar-refractivity contribution in [3.63, 3.8) is 0 Å². The van der Waals surface area contributed by atoms with Crippen LogP contribution in [-0.4, -0.2) is 77.5 Å². The number of amides is 3. The monoisotopic (exact) mass is 660 g/mol. The van der Waals surface area contributed by atoms with E-state index in [1.54, 1.807) is 60.7 Å². The molecule has 1 saturated heterocycles. The highest BCUT2D eigenvalue weighted by atomic mass is 16.6. The smallest absolute Gasteiger partial charge is 0.414 e. The summed E-state index contributed by atoms with van der Waals surface area (Å²) in [4.78, 5) is 47.2. The molecule has 5 rings (SSSR count). The van der Waals surface area contributed by atoms with E-state index >= 15 is 0 Å². The predicted molar refractivity (Wildman–Crippen MR) is 171 cm³/mol. The summed E-state index contributed by atoms with van der Waals surface area (Å²) in [5.41, 5.74) is 0.456. The van der Waals surface area contributed by atoms with Crippen molar-refractivity contribution in [2.75, 3.05) is 13.2 Å². The molecule has 15 heteroatoms. The molecular weight excluding hydrogens is 624 g/mol. The normalized spacial score (nSPS) is 21.2. The Kier molecular flexibility index (Phi) is 11.5. The summed E-state index contributed by atoms with van der Waals surface area (Å²) in [6.07, 6.45) is -3.82. The molecule has 2 heterocycles. The van der Waals surface area contributed by atoms with Crippen LogP contribution in [0, 0.1) is 0 Å². The van der Waals surface area contributed by atoms with Crippen molar-refractivity contribution in [3.05, 3.63) is 108 Å². The van der Waals surface area contributed by atoms with Gasteiger partial charge in [-0.15, -0.1) is 0 Å². The maximum absolute atomic E-state index is 12.9. The summed E-state index contributed by atoms with van der Waals surface area (Å²) in [6.45, 7) is -0.704. The fourth-order valence-electron chi connectivity index (χ4n) is 5.05. The van der Waals surface area contributed by atoms with Crippen LogP contribution in [0.3, 0.4) is 0 Å². The number of nitrogens with zero attached hydrogens (tertiary/aromatic N) is 2. The standard InChI is InChI=1S/C33H36N6O9/c40-18-25-27(33(26(41)16-17-48-33)39-29(34-25)38-32(44)47-21-24-14-8-3-9-15-24)35-28(36-30(42)45-19-22-10-4-1-5-11-22)37-31(43)46-20-23-12-6-2-7-13-23/h1-15,25-27,40-41H,16-21H2,(H2,34,38,39,44)(H2,35,36,37,42,43)/t25-,26?,27-,33-/m0/s1. The van der Waals surface area contributed by atoms with E-state index in [0.29, 0.717) is 0 Å². The number of hydrogen-bond donors (Lipinski definition) is 6. The lowest BCUT2D eigenvalue weighted by molar-refractivity contribution is -0.0978. The molecule has 4 atom stereocenters. The van der Waals surface area contributed by atoms with E-state index in [4.69, 9.17) is 18.9 Å². The van der Waals surface area contributed by atoms with Crippen LogP contribution in [0.4, 0.5) is 14.4 Å². The highest BCUT2D eigenvalue weighted by molar-refractivity contribution is 6.01. The first-order valence-electron chi connectivity index (χ1n) is 15.1. The molecule has 15 nitrogen and oxygen atoms in total. The van der Waals surface area contributed by atoms with Gasteiger partial charge in [0.05, 0.1) is 13.2 Å². The summed E-state index contributed by atoms with van der Waals surface area (Å²) in [5, 5.41) is 31.7. The lowest BCUT2D eigenvalue weighted by Gasteiger charge is -2.43. The first kappa shape index (κ1) is 33.8. The van der Waals surface area contributed by atoms with Gasteiger partial charge >= 0.3 is 18.3 Å². The average Bonchev–Trinajstić information content (AvgIpc) is 3.47. The van der Waals surface area contributed by atoms with Crippen LogP contribution in [0.2, 0.25) is 0 Å². The van der Waals surface area contributed by atoms with Crippen LogP contribution in [0.15, 0.2) is 101 Å². The number of carbonyl (C=O) groups excluding carboxylic acids is 3. The van der Waals surface area contributed by atoms with Gasteiger partial charge in [-0.25, -0.2) is 24.4 Å². The van der Waals surface area contributed by atoms with Gasteiger partial charge in [-0.05, 0) is 16.7 Å². The van der Waals surface area contributed by atoms with E-state index in [1.807, 2.05) is 30.3 Å². The third kappa shape index (κ3) is 9.06. The van der Waals surface area contributed by atoms with Crippen molar-refractivity contribution < 1.29 is 43.5 Å². The molecule has 3 amide bonds. The molecular formula is C33H36N6O9. The van der Waals surface area contributed by atoms with Gasteiger partial charge in [-0.2, -0.15) is 0 Å². The van der Waals surface area contributed by atoms with Crippen molar-refractivity contribution in [1.82, 2.24) is 21.3 Å². The van der Waals surface area contributed by atoms with Gasteiger partial charge in [0, 0.05) is 6.42 Å². The van der Waals surface area contributed by atoms with Crippen molar-refractivity contribution >= 4 is 30.2 Å². The average molecular weight is 661 g/mol. The fourth-order valence-corrected chi connectivity index (χ4v) is 5.05. The Bertz CT molecular complexity index is 1530. The van der Waals surface area contributed by atoms with Gasteiger partial charge < -0.3 is 34.5 Å². The molecule has 1 fully saturated rings. The van der Waals surface area contributed by atoms with Gasteiger partial charge in [-0.3, -0.25) is 16.0 Å². The van der Waals surface area contributed by atoms with Crippen molar-refractivity contribution in [2.24, 2.45) is 9.98 Å². The molecule has 1 spiro atoms. The number of benzene rings is 3. The van der Waals surface area contributed by atoms with Crippen LogP contribution >= 0.6 is 0 Å². The quantitative estimate of drug-likeness (QED) is 0.118. The zero-order valence-electron chi connectivity index (χ0n) is 25.8. The zero-order valence-corrected chi connectivity index (χ0v) is 25.8. The predicted octanol–water partition coefficient (Wildman–Crippen LogP) is 2.29. The zero-order chi connectivity index (χ0) is 33.8. The van der Waals surface area contributed by atoms with E-state index in [2.05, 4.69) is 31.3 Å². The first-order valence-corrected chi connectivity index (χ1v) is 15.1. The topological polar surface area (TPSA) is 201 Å². The molecule has 0 aromatic heterocycles. The second-order valence-electron chi connectivity index (χ2n) is 10.8. The Balaban J connectivity index is 1.36. The molecule has 6 N–H and O–H groups in total. The minimum Gasteiger partial charge on any atom is -0.444 e. The van der Waals surface area contributed by atoms with Gasteiger partial charge in [0.1, 0.15) is 38.0 Å². The summed E-state index contributed by atoms with van der Waals surface area (Å²) in [6, 6.07) is 24.5. The van der Waals surface area contributed by atoms with E-state index in [0.717, 1.165) is 16.7 Å². The van der Waals surface area contributed by atoms with Gasteiger partial charge in [0.2, 0.25) is 11.9 Å². The molecule has 0 saturated carbocycles. The van der Waals surface area contributed by atoms with Crippen LogP contribution in [0.5, 0.6) is 0 Å². The lowest BCUT2D eigenvalue weighted by atomic mass is 9.91. The number of hydrogen-bond acceptors (Lipinski definition) is 12. The summed E-state index contributed by atoms with van der Waals surface area (Å²) in [7, 11) is 0. The van der Waals surface area contributed by atoms with Gasteiger partial charge in [0.25, 0.3) is 0 Å². The molecule has 3 aromatic carbocycles. The Hall–Kier alpha value is -5.51. The molecule has 3 aromatic rings. The third-order valence-electron chi connectivity index (χ3n) is 7.39. The van der Waals surface area contributed by atoms with Crippen molar-refractivity contribution in [3.8, 4) is 0 Å². The van der Waals surface area contributed by atoms with Crippen LogP contribution in [0.1, 0.15) is 23.1 Å². The number of aliphatic imine (C=N–C) groups is 2. The minimum atomic E-state index is -1.74. The van der Waals surface area contributed by atoms with E-state index in [9.17, 15) is 24.6 Å². The summed E-state index contributed by atoms with van der Waals surface area (Å²) in [5.74, 6) is -0.571. The second-order valence-corrected chi connectivity index (χ2v) is 10.8. The molecule has 0 aliphatic carbocycles. The number of aliphatic hydroxyl groups excluding tert-OH is 2. The number of guanidine groups is 2. The van der Waals surface area contributed by atoms with Crippen molar-refractivity contribution in [2.45, 2.75) is 50.2 Å². The third-order valence-corrected chi connectivity index (χ3v) is 7.39. The molecule has 48 heavy (non-hydrogen) atoms. The Morgan fingerprint density at radius 2 is 1.29 bits per heavy atom. The maximum atomic E-state index is 12.9. The lowest BCUT2D eigenvalue weighted by Crippen LogP contribution is -2.70. The van der Waals surface area contributed by atoms with Gasteiger partial charge in [0.15, 0.2) is 5.72 Å². The molecule has 0 bridgehead atoms. The molecule has 0 radical (unpaired) electrons. The van der Waals surface area contributed by atoms with Crippen LogP contribution in [-0.2, 0) is 38.8 Å². The number of carbonyl (C=O) groups is 3. The summed E-state index contributed by atoms with van der Waals surface area (Å²) >= 11 is 0. The fraction of sp³-hybridized carbons (Fsp3) is 0.303. The van der Waals surface area contributed by atoms with E-state index < -0.39 is 54.8 Å². The van der Waals surface area contributed by atoms with E-state index in [-0.39, 0.29) is 38.8 Å². The van der Waals surface area contributed by atoms with Crippen LogP contribution < -0.4 is 21.3 Å². The number of rotatable bonds is 8. The maximum Gasteiger partial charge on any atom is 0.414 e. The highest BCUT2D eigenvalue weighted by Crippen LogP contribution is 2.34. The first-order chi connectivity index (χ1) is 23.3. The number of nitrogens with one attached hydrogen (secondary N) is 4. The molecule has 252 valence electrons. The Morgan fingerprint density at radius 1 is 0.812 bits per heavy atom. The van der Waals surface area contributed by atoms with E-state index in [1.165, 1.54) is 0 Å². The highest BCUT2D eigenvalue weighted by Gasteiger charge is 2.56. The molecule has 2 aliphatic heterocycles. The minimum absolute atomic E-state index is 0.0119. The number of ether oxygens (including phenoxy) is 4. The molecule has 1 unspecified atom stereocenters. The number of aliphatic hydroxyl groups is 2. The largest absolute Gasteiger partial charge is 0.444 e. The van der Waals surface area contributed by atoms with Gasteiger partial charge in [-0.1, -0.05) is 91.0 Å². The number of alkyl carbamates (subject to hydrolysis) is 3. The van der Waals surface area contributed by atoms with Crippen molar-refractivity contribution in [1.29, 1.82) is 0 Å². The SMILES string of the molecule is O=C(NC(=N[C@H]1[C@H](CO)N=C(NC(=O)OCc2ccccc2)N[C@@]12OCCC2O)NC(=O)OCc1ccccc1)OCc1ccccc1. The second kappa shape index (κ2) is 16.4. The van der Waals surface area contributed by atoms with Crippen LogP contribution in [0.25, 0.3) is 0 Å². The Labute approximate surface area is 276 Å². The molecule has 2 aliphatic rings.